The normalized spacial score (nSPS) is 17.0. The minimum Gasteiger partial charge on any atom is -0.486 e. The lowest BCUT2D eigenvalue weighted by Crippen LogP contribution is -2.48. The second-order valence-corrected chi connectivity index (χ2v) is 7.29. The highest BCUT2D eigenvalue weighted by Crippen LogP contribution is 2.31. The summed E-state index contributed by atoms with van der Waals surface area (Å²) in [6, 6.07) is 12.1. The number of hydrogen-bond donors (Lipinski definition) is 0. The molecule has 1 amide bonds. The van der Waals surface area contributed by atoms with Gasteiger partial charge in [0.25, 0.3) is 5.91 Å². The molecule has 0 aromatic heterocycles. The summed E-state index contributed by atoms with van der Waals surface area (Å²) in [6.07, 6.45) is 0. The number of fused-ring (bicyclic) bond motifs is 1. The number of benzene rings is 2. The number of aryl methyl sites for hydroxylation is 1. The van der Waals surface area contributed by atoms with Crippen molar-refractivity contribution in [1.29, 1.82) is 0 Å². The largest absolute Gasteiger partial charge is 0.486 e. The summed E-state index contributed by atoms with van der Waals surface area (Å²) in [5, 5.41) is 0. The molecule has 5 nitrogen and oxygen atoms in total. The van der Waals surface area contributed by atoms with Crippen molar-refractivity contribution < 1.29 is 14.3 Å². The molecule has 27 heavy (non-hydrogen) atoms. The molecule has 0 spiro atoms. The van der Waals surface area contributed by atoms with Crippen molar-refractivity contribution in [3.05, 3.63) is 58.7 Å². The van der Waals surface area contributed by atoms with Gasteiger partial charge in [-0.25, -0.2) is 0 Å². The Hall–Kier alpha value is -2.53. The van der Waals surface area contributed by atoms with Gasteiger partial charge in [-0.1, -0.05) is 18.2 Å². The number of amides is 1. The second-order valence-electron chi connectivity index (χ2n) is 7.29. The van der Waals surface area contributed by atoms with Crippen molar-refractivity contribution in [2.24, 2.45) is 0 Å². The van der Waals surface area contributed by atoms with Gasteiger partial charge in [-0.05, 0) is 48.7 Å². The lowest BCUT2D eigenvalue weighted by molar-refractivity contribution is 0.0627. The third-order valence-corrected chi connectivity index (χ3v) is 5.51. The van der Waals surface area contributed by atoms with Gasteiger partial charge in [-0.15, -0.1) is 0 Å². The zero-order valence-corrected chi connectivity index (χ0v) is 16.0. The van der Waals surface area contributed by atoms with Gasteiger partial charge in [-0.3, -0.25) is 9.69 Å². The van der Waals surface area contributed by atoms with Crippen molar-refractivity contribution in [2.45, 2.75) is 20.4 Å². The molecular formula is C22H26N2O3. The van der Waals surface area contributed by atoms with Crippen LogP contribution in [-0.4, -0.2) is 55.1 Å². The zero-order chi connectivity index (χ0) is 18.8. The van der Waals surface area contributed by atoms with E-state index in [2.05, 4.69) is 30.0 Å². The summed E-state index contributed by atoms with van der Waals surface area (Å²) in [6.45, 7) is 9.45. The first-order valence-corrected chi connectivity index (χ1v) is 9.58. The van der Waals surface area contributed by atoms with Crippen LogP contribution in [0.1, 0.15) is 27.0 Å². The maximum atomic E-state index is 12.9. The van der Waals surface area contributed by atoms with E-state index in [0.717, 1.165) is 60.9 Å². The summed E-state index contributed by atoms with van der Waals surface area (Å²) in [4.78, 5) is 17.2. The fraction of sp³-hybridized carbons (Fsp3) is 0.409. The molecule has 0 saturated carbocycles. The molecule has 5 heteroatoms. The van der Waals surface area contributed by atoms with Crippen LogP contribution in [0.5, 0.6) is 11.5 Å². The Balaban J connectivity index is 1.36. The number of hydrogen-bond acceptors (Lipinski definition) is 4. The van der Waals surface area contributed by atoms with Crippen molar-refractivity contribution in [1.82, 2.24) is 9.80 Å². The Morgan fingerprint density at radius 1 is 0.963 bits per heavy atom. The van der Waals surface area contributed by atoms with Gasteiger partial charge in [0.05, 0.1) is 0 Å². The van der Waals surface area contributed by atoms with Gasteiger partial charge in [0.1, 0.15) is 13.2 Å². The van der Waals surface area contributed by atoms with E-state index in [9.17, 15) is 4.79 Å². The molecule has 4 rings (SSSR count). The molecule has 1 saturated heterocycles. The monoisotopic (exact) mass is 366 g/mol. The van der Waals surface area contributed by atoms with Crippen LogP contribution < -0.4 is 9.47 Å². The molecule has 0 radical (unpaired) electrons. The Bertz CT molecular complexity index is 841. The highest BCUT2D eigenvalue weighted by Gasteiger charge is 2.23. The van der Waals surface area contributed by atoms with Crippen LogP contribution in [-0.2, 0) is 6.54 Å². The van der Waals surface area contributed by atoms with E-state index >= 15 is 0 Å². The molecule has 2 aliphatic heterocycles. The highest BCUT2D eigenvalue weighted by atomic mass is 16.6. The van der Waals surface area contributed by atoms with Crippen molar-refractivity contribution in [3.8, 4) is 11.5 Å². The second kappa shape index (κ2) is 7.61. The number of ether oxygens (including phenoxy) is 2. The molecule has 0 N–H and O–H groups in total. The Morgan fingerprint density at radius 2 is 1.70 bits per heavy atom. The Morgan fingerprint density at radius 3 is 2.48 bits per heavy atom. The lowest BCUT2D eigenvalue weighted by Gasteiger charge is -2.35. The standard InChI is InChI=1S/C22H26N2O3/c1-16-4-3-5-19(17(16)2)22(25)24-10-8-23(9-11-24)15-18-6-7-20-21(14-18)27-13-12-26-20/h3-7,14H,8-13,15H2,1-2H3. The van der Waals surface area contributed by atoms with E-state index in [4.69, 9.17) is 9.47 Å². The molecule has 0 aliphatic carbocycles. The number of piperazine rings is 1. The van der Waals surface area contributed by atoms with E-state index < -0.39 is 0 Å². The van der Waals surface area contributed by atoms with Gasteiger partial charge < -0.3 is 14.4 Å². The molecule has 142 valence electrons. The van der Waals surface area contributed by atoms with E-state index in [1.54, 1.807) is 0 Å². The minimum absolute atomic E-state index is 0.148. The SMILES string of the molecule is Cc1cccc(C(=O)N2CCN(Cc3ccc4c(c3)OCCO4)CC2)c1C. The number of carbonyl (C=O) groups excluding carboxylic acids is 1. The van der Waals surface area contributed by atoms with Crippen LogP contribution >= 0.6 is 0 Å². The number of rotatable bonds is 3. The predicted molar refractivity (Wildman–Crippen MR) is 105 cm³/mol. The third kappa shape index (κ3) is 3.78. The fourth-order valence-electron chi connectivity index (χ4n) is 3.71. The molecule has 1 fully saturated rings. The molecule has 2 heterocycles. The van der Waals surface area contributed by atoms with Gasteiger partial charge in [0.2, 0.25) is 0 Å². The molecule has 0 unspecified atom stereocenters. The zero-order valence-electron chi connectivity index (χ0n) is 16.0. The van der Waals surface area contributed by atoms with E-state index in [1.165, 1.54) is 5.56 Å². The van der Waals surface area contributed by atoms with Crippen LogP contribution in [0.4, 0.5) is 0 Å². The summed E-state index contributed by atoms with van der Waals surface area (Å²) in [7, 11) is 0. The Kier molecular flexibility index (Phi) is 5.03. The molecule has 2 aliphatic rings. The fourth-order valence-corrected chi connectivity index (χ4v) is 3.71. The van der Waals surface area contributed by atoms with Crippen LogP contribution in [0.25, 0.3) is 0 Å². The quantitative estimate of drug-likeness (QED) is 0.837. The van der Waals surface area contributed by atoms with Gasteiger partial charge in [0, 0.05) is 38.3 Å². The van der Waals surface area contributed by atoms with Crippen molar-refractivity contribution in [3.63, 3.8) is 0 Å². The summed E-state index contributed by atoms with van der Waals surface area (Å²) >= 11 is 0. The first-order chi connectivity index (χ1) is 13.1. The molecule has 0 atom stereocenters. The van der Waals surface area contributed by atoms with Gasteiger partial charge in [0.15, 0.2) is 11.5 Å². The molecule has 2 aromatic rings. The molecule has 0 bridgehead atoms. The first kappa shape index (κ1) is 17.9. The lowest BCUT2D eigenvalue weighted by atomic mass is 10.0. The number of nitrogens with zero attached hydrogens (tertiary/aromatic N) is 2. The van der Waals surface area contributed by atoms with E-state index in [-0.39, 0.29) is 5.91 Å². The summed E-state index contributed by atoms with van der Waals surface area (Å²) in [5.41, 5.74) is 4.29. The first-order valence-electron chi connectivity index (χ1n) is 9.58. The van der Waals surface area contributed by atoms with Crippen LogP contribution in [0.3, 0.4) is 0 Å². The van der Waals surface area contributed by atoms with Gasteiger partial charge in [-0.2, -0.15) is 0 Å². The minimum atomic E-state index is 0.148. The van der Waals surface area contributed by atoms with Crippen LogP contribution in [0, 0.1) is 13.8 Å². The third-order valence-electron chi connectivity index (χ3n) is 5.51. The van der Waals surface area contributed by atoms with Crippen LogP contribution in [0.2, 0.25) is 0 Å². The van der Waals surface area contributed by atoms with Gasteiger partial charge >= 0.3 is 0 Å². The highest BCUT2D eigenvalue weighted by molar-refractivity contribution is 5.96. The topological polar surface area (TPSA) is 42.0 Å². The maximum Gasteiger partial charge on any atom is 0.254 e. The van der Waals surface area contributed by atoms with Crippen molar-refractivity contribution in [2.75, 3.05) is 39.4 Å². The maximum absolute atomic E-state index is 12.9. The van der Waals surface area contributed by atoms with Crippen molar-refractivity contribution >= 4 is 5.91 Å². The van der Waals surface area contributed by atoms with E-state index in [0.29, 0.717) is 13.2 Å². The Labute approximate surface area is 160 Å². The smallest absolute Gasteiger partial charge is 0.254 e. The number of carbonyl (C=O) groups is 1. The molecular weight excluding hydrogens is 340 g/mol. The van der Waals surface area contributed by atoms with E-state index in [1.807, 2.05) is 30.0 Å². The summed E-state index contributed by atoms with van der Waals surface area (Å²) in [5.74, 6) is 1.81. The summed E-state index contributed by atoms with van der Waals surface area (Å²) < 4.78 is 11.3. The predicted octanol–water partition coefficient (Wildman–Crippen LogP) is 3.03. The van der Waals surface area contributed by atoms with Crippen LogP contribution in [0.15, 0.2) is 36.4 Å². The average molecular weight is 366 g/mol. The molecule has 2 aromatic carbocycles. The average Bonchev–Trinajstić information content (AvgIpc) is 2.70.